The summed E-state index contributed by atoms with van der Waals surface area (Å²) in [7, 11) is 3.30. The largest absolute Gasteiger partial charge is 0.497 e. The first kappa shape index (κ1) is 23.2. The summed E-state index contributed by atoms with van der Waals surface area (Å²) in [4.78, 5) is 16.5. The van der Waals surface area contributed by atoms with Gasteiger partial charge in [-0.15, -0.1) is 0 Å². The second kappa shape index (κ2) is 10.3. The van der Waals surface area contributed by atoms with E-state index in [-0.39, 0.29) is 6.04 Å². The van der Waals surface area contributed by atoms with Crippen LogP contribution in [0.2, 0.25) is 0 Å². The summed E-state index contributed by atoms with van der Waals surface area (Å²) in [6.45, 7) is 4.12. The molecular weight excluding hydrogens is 430 g/mol. The molecule has 0 unspecified atom stereocenters. The van der Waals surface area contributed by atoms with Gasteiger partial charge in [0, 0.05) is 35.0 Å². The van der Waals surface area contributed by atoms with Crippen molar-refractivity contribution in [2.45, 2.75) is 26.3 Å². The molecule has 0 radical (unpaired) electrons. The van der Waals surface area contributed by atoms with Gasteiger partial charge in [-0.05, 0) is 61.9 Å². The summed E-state index contributed by atoms with van der Waals surface area (Å²) in [5.41, 5.74) is 4.67. The number of pyridine rings is 1. The van der Waals surface area contributed by atoms with Gasteiger partial charge in [0.25, 0.3) is 0 Å². The van der Waals surface area contributed by atoms with Crippen molar-refractivity contribution in [3.05, 3.63) is 66.2 Å². The van der Waals surface area contributed by atoms with Gasteiger partial charge in [-0.2, -0.15) is 0 Å². The number of anilines is 2. The Bertz CT molecular complexity index is 1300. The van der Waals surface area contributed by atoms with E-state index in [1.54, 1.807) is 14.2 Å². The van der Waals surface area contributed by atoms with Gasteiger partial charge in [0.05, 0.1) is 37.5 Å². The lowest BCUT2D eigenvalue weighted by molar-refractivity contribution is 0.145. The zero-order valence-corrected chi connectivity index (χ0v) is 19.8. The van der Waals surface area contributed by atoms with Crippen molar-refractivity contribution >= 4 is 39.3 Å². The average molecular weight is 460 g/mol. The van der Waals surface area contributed by atoms with E-state index >= 15 is 0 Å². The molecule has 0 fully saturated rings. The van der Waals surface area contributed by atoms with Gasteiger partial charge < -0.3 is 24.8 Å². The van der Waals surface area contributed by atoms with E-state index in [0.717, 1.165) is 50.2 Å². The summed E-state index contributed by atoms with van der Waals surface area (Å²) in [6, 6.07) is 19.9. The van der Waals surface area contributed by atoms with Gasteiger partial charge >= 0.3 is 6.09 Å². The predicted molar refractivity (Wildman–Crippen MR) is 135 cm³/mol. The number of carbonyl (C=O) groups is 1. The maximum Gasteiger partial charge on any atom is 0.407 e. The number of aromatic nitrogens is 1. The lowest BCUT2D eigenvalue weighted by Gasteiger charge is -2.15. The molecule has 0 saturated heterocycles. The van der Waals surface area contributed by atoms with Crippen LogP contribution in [0.3, 0.4) is 0 Å². The number of rotatable bonds is 8. The van der Waals surface area contributed by atoms with Crippen molar-refractivity contribution in [3.63, 3.8) is 0 Å². The van der Waals surface area contributed by atoms with Crippen molar-refractivity contribution < 1.29 is 19.0 Å². The number of carbonyl (C=O) groups excluding carboxylic acids is 1. The van der Waals surface area contributed by atoms with E-state index in [9.17, 15) is 4.79 Å². The highest BCUT2D eigenvalue weighted by atomic mass is 16.5. The first-order valence-electron chi connectivity index (χ1n) is 11.2. The fourth-order valence-electron chi connectivity index (χ4n) is 3.73. The summed E-state index contributed by atoms with van der Waals surface area (Å²) >= 11 is 0. The molecule has 1 aromatic heterocycles. The summed E-state index contributed by atoms with van der Waals surface area (Å²) in [5, 5.41) is 8.23. The van der Waals surface area contributed by atoms with Gasteiger partial charge in [0.2, 0.25) is 0 Å². The quantitative estimate of drug-likeness (QED) is 0.323. The van der Waals surface area contributed by atoms with Crippen LogP contribution in [-0.2, 0) is 11.2 Å². The highest BCUT2D eigenvalue weighted by molar-refractivity contribution is 6.09. The zero-order chi connectivity index (χ0) is 24.1. The number of benzene rings is 3. The van der Waals surface area contributed by atoms with Crippen LogP contribution < -0.4 is 20.1 Å². The average Bonchev–Trinajstić information content (AvgIpc) is 2.83. The SMILES string of the molecule is COc1ccc2c(Nc3ccc(CCOC(=O)NC(C)C)cc3)c3cc(OC)ccc3nc2c1. The molecule has 3 aromatic carbocycles. The molecule has 0 saturated carbocycles. The minimum Gasteiger partial charge on any atom is -0.497 e. The van der Waals surface area contributed by atoms with Crippen molar-refractivity contribution in [2.24, 2.45) is 0 Å². The van der Waals surface area contributed by atoms with Crippen LogP contribution in [0.4, 0.5) is 16.2 Å². The molecule has 0 atom stereocenters. The molecule has 0 aliphatic rings. The number of hydrogen-bond acceptors (Lipinski definition) is 6. The lowest BCUT2D eigenvalue weighted by Crippen LogP contribution is -2.31. The minimum absolute atomic E-state index is 0.0549. The van der Waals surface area contributed by atoms with Gasteiger partial charge in [-0.25, -0.2) is 9.78 Å². The Hall–Kier alpha value is -4.00. The third-order valence-electron chi connectivity index (χ3n) is 5.44. The van der Waals surface area contributed by atoms with Gasteiger partial charge in [0.15, 0.2) is 0 Å². The van der Waals surface area contributed by atoms with Gasteiger partial charge in [0.1, 0.15) is 11.5 Å². The first-order chi connectivity index (χ1) is 16.5. The minimum atomic E-state index is -0.392. The van der Waals surface area contributed by atoms with Crippen molar-refractivity contribution in [1.29, 1.82) is 0 Å². The number of ether oxygens (including phenoxy) is 3. The van der Waals surface area contributed by atoms with E-state index in [0.29, 0.717) is 13.0 Å². The number of methoxy groups -OCH3 is 2. The summed E-state index contributed by atoms with van der Waals surface area (Å²) in [6.07, 6.45) is 0.251. The lowest BCUT2D eigenvalue weighted by atomic mass is 10.1. The summed E-state index contributed by atoms with van der Waals surface area (Å²) in [5.74, 6) is 1.52. The highest BCUT2D eigenvalue weighted by Crippen LogP contribution is 2.36. The fourth-order valence-corrected chi connectivity index (χ4v) is 3.73. The van der Waals surface area contributed by atoms with E-state index in [2.05, 4.69) is 10.6 Å². The Morgan fingerprint density at radius 1 is 0.882 bits per heavy atom. The van der Waals surface area contributed by atoms with Crippen LogP contribution in [0.1, 0.15) is 19.4 Å². The number of alkyl carbamates (subject to hydrolysis) is 1. The first-order valence-corrected chi connectivity index (χ1v) is 11.2. The smallest absolute Gasteiger partial charge is 0.407 e. The standard InChI is InChI=1S/C27H29N3O4/c1-17(2)28-27(31)34-14-13-18-5-7-19(8-6-18)29-26-22-11-9-21(33-4)16-25(22)30-24-12-10-20(32-3)15-23(24)26/h5-12,15-17H,13-14H2,1-4H3,(H,28,31)(H,29,30). The Labute approximate surface area is 199 Å². The second-order valence-corrected chi connectivity index (χ2v) is 8.26. The molecule has 1 amide bonds. The normalized spacial score (nSPS) is 11.0. The Morgan fingerprint density at radius 3 is 2.29 bits per heavy atom. The number of hydrogen-bond donors (Lipinski definition) is 2. The molecule has 176 valence electrons. The van der Waals surface area contributed by atoms with Crippen LogP contribution in [0.15, 0.2) is 60.7 Å². The van der Waals surface area contributed by atoms with Crippen LogP contribution >= 0.6 is 0 Å². The van der Waals surface area contributed by atoms with Crippen LogP contribution in [0.25, 0.3) is 21.8 Å². The van der Waals surface area contributed by atoms with Crippen LogP contribution in [0.5, 0.6) is 11.5 Å². The second-order valence-electron chi connectivity index (χ2n) is 8.26. The molecule has 0 bridgehead atoms. The number of nitrogens with zero attached hydrogens (tertiary/aromatic N) is 1. The maximum absolute atomic E-state index is 11.6. The molecular formula is C27H29N3O4. The molecule has 34 heavy (non-hydrogen) atoms. The molecule has 7 nitrogen and oxygen atoms in total. The van der Waals surface area contributed by atoms with Crippen molar-refractivity contribution in [1.82, 2.24) is 10.3 Å². The zero-order valence-electron chi connectivity index (χ0n) is 19.8. The molecule has 7 heteroatoms. The van der Waals surface area contributed by atoms with Gasteiger partial charge in [-0.1, -0.05) is 12.1 Å². The molecule has 4 rings (SSSR count). The molecule has 1 heterocycles. The monoisotopic (exact) mass is 459 g/mol. The van der Waals surface area contributed by atoms with E-state index in [1.165, 1.54) is 0 Å². The number of amides is 1. The van der Waals surface area contributed by atoms with E-state index < -0.39 is 6.09 Å². The van der Waals surface area contributed by atoms with Crippen molar-refractivity contribution in [2.75, 3.05) is 26.1 Å². The predicted octanol–water partition coefficient (Wildman–Crippen LogP) is 5.83. The Balaban J connectivity index is 1.59. The summed E-state index contributed by atoms with van der Waals surface area (Å²) < 4.78 is 16.1. The third kappa shape index (κ3) is 5.31. The Kier molecular flexibility index (Phi) is 7.01. The van der Waals surface area contributed by atoms with Crippen LogP contribution in [-0.4, -0.2) is 37.9 Å². The maximum atomic E-state index is 11.6. The van der Waals surface area contributed by atoms with Crippen LogP contribution in [0, 0.1) is 0 Å². The molecule has 0 aliphatic carbocycles. The molecule has 0 spiro atoms. The Morgan fingerprint density at radius 2 is 1.59 bits per heavy atom. The van der Waals surface area contributed by atoms with Gasteiger partial charge in [-0.3, -0.25) is 0 Å². The fraction of sp³-hybridized carbons (Fsp3) is 0.259. The molecule has 4 aromatic rings. The number of nitrogens with one attached hydrogen (secondary N) is 2. The third-order valence-corrected chi connectivity index (χ3v) is 5.44. The number of fused-ring (bicyclic) bond motifs is 2. The highest BCUT2D eigenvalue weighted by Gasteiger charge is 2.12. The molecule has 2 N–H and O–H groups in total. The topological polar surface area (TPSA) is 81.7 Å². The molecule has 0 aliphatic heterocycles. The van der Waals surface area contributed by atoms with E-state index in [1.807, 2.05) is 74.5 Å². The van der Waals surface area contributed by atoms with E-state index in [4.69, 9.17) is 19.2 Å². The van der Waals surface area contributed by atoms with Crippen molar-refractivity contribution in [3.8, 4) is 11.5 Å².